The summed E-state index contributed by atoms with van der Waals surface area (Å²) in [5.74, 6) is 0.0701. The van der Waals surface area contributed by atoms with Crippen molar-refractivity contribution >= 4 is 27.7 Å². The van der Waals surface area contributed by atoms with Gasteiger partial charge in [-0.05, 0) is 37.0 Å². The molecule has 1 saturated heterocycles. The molecule has 3 rings (SSSR count). The lowest BCUT2D eigenvalue weighted by atomic mass is 10.1. The van der Waals surface area contributed by atoms with Gasteiger partial charge in [0.1, 0.15) is 0 Å². The zero-order chi connectivity index (χ0) is 18.6. The van der Waals surface area contributed by atoms with Crippen molar-refractivity contribution in [2.45, 2.75) is 44.6 Å². The number of benzene rings is 1. The molecule has 8 heteroatoms. The molecule has 0 unspecified atom stereocenters. The van der Waals surface area contributed by atoms with E-state index in [0.717, 1.165) is 31.2 Å². The highest BCUT2D eigenvalue weighted by Gasteiger charge is 2.31. The van der Waals surface area contributed by atoms with Crippen LogP contribution in [0.4, 0.5) is 0 Å². The van der Waals surface area contributed by atoms with Gasteiger partial charge < -0.3 is 4.90 Å². The highest BCUT2D eigenvalue weighted by molar-refractivity contribution is 7.87. The lowest BCUT2D eigenvalue weighted by Gasteiger charge is -2.34. The first-order valence-corrected chi connectivity index (χ1v) is 11.1. The number of carbonyl (C=O) groups is 1. The molecular formula is C18H26ClN3O3S. The van der Waals surface area contributed by atoms with Crippen molar-refractivity contribution in [1.29, 1.82) is 0 Å². The minimum atomic E-state index is -3.44. The fourth-order valence-corrected chi connectivity index (χ4v) is 5.14. The summed E-state index contributed by atoms with van der Waals surface area (Å²) >= 11 is 5.87. The maximum absolute atomic E-state index is 12.5. The van der Waals surface area contributed by atoms with Crippen LogP contribution < -0.4 is 4.72 Å². The van der Waals surface area contributed by atoms with Crippen molar-refractivity contribution in [2.75, 3.05) is 26.2 Å². The zero-order valence-electron chi connectivity index (χ0n) is 14.9. The van der Waals surface area contributed by atoms with Crippen LogP contribution in [0.2, 0.25) is 5.02 Å². The first kappa shape index (κ1) is 19.6. The van der Waals surface area contributed by atoms with Crippen molar-refractivity contribution in [1.82, 2.24) is 13.9 Å². The Morgan fingerprint density at radius 1 is 1.08 bits per heavy atom. The number of rotatable bonds is 6. The second-order valence-corrected chi connectivity index (χ2v) is 9.15. The highest BCUT2D eigenvalue weighted by atomic mass is 35.5. The Bertz CT molecular complexity index is 710. The number of hydrogen-bond donors (Lipinski definition) is 1. The molecule has 2 aliphatic rings. The fourth-order valence-electron chi connectivity index (χ4n) is 3.57. The van der Waals surface area contributed by atoms with Crippen molar-refractivity contribution in [3.8, 4) is 0 Å². The van der Waals surface area contributed by atoms with Crippen LogP contribution >= 0.6 is 11.6 Å². The molecular weight excluding hydrogens is 374 g/mol. The predicted octanol–water partition coefficient (Wildman–Crippen LogP) is 2.19. The van der Waals surface area contributed by atoms with Gasteiger partial charge >= 0.3 is 0 Å². The topological polar surface area (TPSA) is 69.7 Å². The van der Waals surface area contributed by atoms with Gasteiger partial charge in [-0.15, -0.1) is 0 Å². The largest absolute Gasteiger partial charge is 0.340 e. The number of aryl methyl sites for hydroxylation is 1. The van der Waals surface area contributed by atoms with E-state index in [4.69, 9.17) is 11.6 Å². The lowest BCUT2D eigenvalue weighted by Crippen LogP contribution is -2.54. The van der Waals surface area contributed by atoms with Gasteiger partial charge in [-0.25, -0.2) is 0 Å². The van der Waals surface area contributed by atoms with E-state index in [0.29, 0.717) is 44.0 Å². The second-order valence-electron chi connectivity index (χ2n) is 7.01. The summed E-state index contributed by atoms with van der Waals surface area (Å²) in [6, 6.07) is 7.56. The maximum Gasteiger partial charge on any atom is 0.279 e. The number of nitrogens with one attached hydrogen (secondary N) is 1. The minimum Gasteiger partial charge on any atom is -0.340 e. The second kappa shape index (κ2) is 8.69. The molecule has 1 N–H and O–H groups in total. The van der Waals surface area contributed by atoms with Gasteiger partial charge in [-0.2, -0.15) is 17.4 Å². The number of halogens is 1. The summed E-state index contributed by atoms with van der Waals surface area (Å²) in [4.78, 5) is 14.2. The van der Waals surface area contributed by atoms with Crippen LogP contribution in [0.5, 0.6) is 0 Å². The number of carbonyl (C=O) groups excluding carboxylic acids is 1. The Labute approximate surface area is 160 Å². The molecule has 144 valence electrons. The van der Waals surface area contributed by atoms with Crippen molar-refractivity contribution in [3.05, 3.63) is 34.9 Å². The molecule has 1 aliphatic carbocycles. The van der Waals surface area contributed by atoms with E-state index in [1.807, 2.05) is 24.3 Å². The number of nitrogens with zero attached hydrogens (tertiary/aromatic N) is 2. The van der Waals surface area contributed by atoms with Crippen LogP contribution in [0.15, 0.2) is 24.3 Å². The third-order valence-electron chi connectivity index (χ3n) is 5.14. The van der Waals surface area contributed by atoms with Gasteiger partial charge in [0.15, 0.2) is 0 Å². The van der Waals surface area contributed by atoms with E-state index < -0.39 is 10.2 Å². The van der Waals surface area contributed by atoms with E-state index >= 15 is 0 Å². The SMILES string of the molecule is O=C(CCc1ccc(Cl)cc1)N1CCN(S(=O)(=O)NC2CCCC2)CC1. The van der Waals surface area contributed by atoms with E-state index in [1.54, 1.807) is 4.90 Å². The van der Waals surface area contributed by atoms with Crippen molar-refractivity contribution in [2.24, 2.45) is 0 Å². The van der Waals surface area contributed by atoms with Crippen LogP contribution in [0.3, 0.4) is 0 Å². The Kier molecular flexibility index (Phi) is 6.55. The van der Waals surface area contributed by atoms with Gasteiger partial charge in [0.05, 0.1) is 0 Å². The van der Waals surface area contributed by atoms with Crippen molar-refractivity contribution < 1.29 is 13.2 Å². The lowest BCUT2D eigenvalue weighted by molar-refractivity contribution is -0.132. The summed E-state index contributed by atoms with van der Waals surface area (Å²) in [5.41, 5.74) is 1.07. The molecule has 0 aromatic heterocycles. The molecule has 1 saturated carbocycles. The molecule has 6 nitrogen and oxygen atoms in total. The number of piperazine rings is 1. The van der Waals surface area contributed by atoms with Crippen molar-refractivity contribution in [3.63, 3.8) is 0 Å². The van der Waals surface area contributed by atoms with Crippen LogP contribution in [-0.2, 0) is 21.4 Å². The summed E-state index contributed by atoms with van der Waals surface area (Å²) in [7, 11) is -3.44. The maximum atomic E-state index is 12.5. The van der Waals surface area contributed by atoms with E-state index in [-0.39, 0.29) is 11.9 Å². The monoisotopic (exact) mass is 399 g/mol. The Morgan fingerprint density at radius 3 is 2.31 bits per heavy atom. The van der Waals surface area contributed by atoms with E-state index in [9.17, 15) is 13.2 Å². The molecule has 1 aromatic rings. The molecule has 1 aliphatic heterocycles. The van der Waals surface area contributed by atoms with Gasteiger partial charge in [-0.1, -0.05) is 36.6 Å². The third kappa shape index (κ3) is 5.19. The summed E-state index contributed by atoms with van der Waals surface area (Å²) in [5, 5.41) is 0.684. The molecule has 0 spiro atoms. The van der Waals surface area contributed by atoms with E-state index in [2.05, 4.69) is 4.72 Å². The van der Waals surface area contributed by atoms with Crippen LogP contribution in [0.1, 0.15) is 37.7 Å². The average Bonchev–Trinajstić information content (AvgIpc) is 3.13. The quantitative estimate of drug-likeness (QED) is 0.797. The molecule has 0 radical (unpaired) electrons. The summed E-state index contributed by atoms with van der Waals surface area (Å²) in [6.45, 7) is 1.61. The van der Waals surface area contributed by atoms with Crippen LogP contribution in [0.25, 0.3) is 0 Å². The van der Waals surface area contributed by atoms with Gasteiger partial charge in [0.2, 0.25) is 5.91 Å². The average molecular weight is 400 g/mol. The normalized spacial score (nSPS) is 19.8. The van der Waals surface area contributed by atoms with E-state index in [1.165, 1.54) is 4.31 Å². The highest BCUT2D eigenvalue weighted by Crippen LogP contribution is 2.19. The van der Waals surface area contributed by atoms with Crippen LogP contribution in [0, 0.1) is 0 Å². The minimum absolute atomic E-state index is 0.0686. The standard InChI is InChI=1S/C18H26ClN3O3S/c19-16-8-5-15(6-9-16)7-10-18(23)21-11-13-22(14-12-21)26(24,25)20-17-3-1-2-4-17/h5-6,8-9,17,20H,1-4,7,10-14H2. The summed E-state index contributed by atoms with van der Waals surface area (Å²) < 4.78 is 29.2. The smallest absolute Gasteiger partial charge is 0.279 e. The number of amides is 1. The molecule has 1 amide bonds. The molecule has 1 heterocycles. The Balaban J connectivity index is 1.45. The van der Waals surface area contributed by atoms with Gasteiger partial charge in [-0.3, -0.25) is 4.79 Å². The summed E-state index contributed by atoms with van der Waals surface area (Å²) in [6.07, 6.45) is 5.10. The molecule has 0 bridgehead atoms. The predicted molar refractivity (Wildman–Crippen MR) is 102 cm³/mol. The first-order valence-electron chi connectivity index (χ1n) is 9.24. The number of hydrogen-bond acceptors (Lipinski definition) is 3. The molecule has 2 fully saturated rings. The molecule has 26 heavy (non-hydrogen) atoms. The molecule has 1 aromatic carbocycles. The Morgan fingerprint density at radius 2 is 1.69 bits per heavy atom. The fraction of sp³-hybridized carbons (Fsp3) is 0.611. The first-order chi connectivity index (χ1) is 12.4. The van der Waals surface area contributed by atoms with Gasteiger partial charge in [0.25, 0.3) is 10.2 Å². The zero-order valence-corrected chi connectivity index (χ0v) is 16.4. The molecule has 0 atom stereocenters. The van der Waals surface area contributed by atoms with Crippen LogP contribution in [-0.4, -0.2) is 55.8 Å². The Hall–Kier alpha value is -1.15. The van der Waals surface area contributed by atoms with Gasteiger partial charge in [0, 0.05) is 43.7 Å². The third-order valence-corrected chi connectivity index (χ3v) is 7.07.